The zero-order valence-corrected chi connectivity index (χ0v) is 23.4. The number of hydrogen-bond acceptors (Lipinski definition) is 7. The first-order valence-electron chi connectivity index (χ1n) is 12.6. The topological polar surface area (TPSA) is 90.3 Å². The number of para-hydroxylation sites is 1. The molecule has 0 fully saturated rings. The third kappa shape index (κ3) is 5.49. The van der Waals surface area contributed by atoms with Gasteiger partial charge in [0.05, 0.1) is 19.8 Å². The lowest BCUT2D eigenvalue weighted by atomic mass is 9.94. The minimum Gasteiger partial charge on any atom is -0.493 e. The molecule has 1 atom stereocenters. The average Bonchev–Trinajstić information content (AvgIpc) is 3.35. The molecule has 1 aliphatic heterocycles. The molecule has 0 saturated heterocycles. The zero-order valence-electron chi connectivity index (χ0n) is 22.6. The molecule has 0 radical (unpaired) electrons. The number of aromatic nitrogens is 3. The number of allylic oxidation sites excluding steroid dienone is 1. The molecule has 39 heavy (non-hydrogen) atoms. The SMILES string of the molecule is COc1ccc([C@H]2C(C(=O)Nc3ccccc3)=C(C)Nc3nc(SCc4cc(C)ccc4C)nn32)cc1OC. The summed E-state index contributed by atoms with van der Waals surface area (Å²) in [5, 5.41) is 11.8. The molecule has 1 aliphatic rings. The van der Waals surface area contributed by atoms with E-state index in [0.29, 0.717) is 39.6 Å². The minimum absolute atomic E-state index is 0.225. The van der Waals surface area contributed by atoms with Crippen molar-refractivity contribution in [2.75, 3.05) is 24.9 Å². The average molecular weight is 542 g/mol. The molecule has 9 heteroatoms. The van der Waals surface area contributed by atoms with Gasteiger partial charge in [-0.15, -0.1) is 5.10 Å². The van der Waals surface area contributed by atoms with Gasteiger partial charge in [-0.1, -0.05) is 59.8 Å². The predicted octanol–water partition coefficient (Wildman–Crippen LogP) is 6.13. The van der Waals surface area contributed by atoms with Crippen molar-refractivity contribution in [2.24, 2.45) is 0 Å². The van der Waals surface area contributed by atoms with E-state index < -0.39 is 6.04 Å². The van der Waals surface area contributed by atoms with E-state index in [4.69, 9.17) is 19.6 Å². The van der Waals surface area contributed by atoms with Crippen LogP contribution in [-0.2, 0) is 10.5 Å². The predicted molar refractivity (Wildman–Crippen MR) is 155 cm³/mol. The molecule has 2 N–H and O–H groups in total. The fourth-order valence-electron chi connectivity index (χ4n) is 4.64. The summed E-state index contributed by atoms with van der Waals surface area (Å²) < 4.78 is 12.8. The van der Waals surface area contributed by atoms with Crippen LogP contribution in [0.2, 0.25) is 0 Å². The number of aryl methyl sites for hydroxylation is 2. The van der Waals surface area contributed by atoms with Crippen molar-refractivity contribution in [3.63, 3.8) is 0 Å². The second-order valence-electron chi connectivity index (χ2n) is 9.38. The molecule has 8 nitrogen and oxygen atoms in total. The highest BCUT2D eigenvalue weighted by atomic mass is 32.2. The molecule has 5 rings (SSSR count). The van der Waals surface area contributed by atoms with Gasteiger partial charge < -0.3 is 20.1 Å². The van der Waals surface area contributed by atoms with Crippen LogP contribution < -0.4 is 20.1 Å². The number of carbonyl (C=O) groups excluding carboxylic acids is 1. The number of methoxy groups -OCH3 is 2. The van der Waals surface area contributed by atoms with Gasteiger partial charge in [-0.3, -0.25) is 4.79 Å². The Bertz CT molecular complexity index is 1550. The Hall–Kier alpha value is -4.24. The fourth-order valence-corrected chi connectivity index (χ4v) is 5.53. The highest BCUT2D eigenvalue weighted by Crippen LogP contribution is 2.40. The van der Waals surface area contributed by atoms with Gasteiger partial charge in [-0.25, -0.2) is 4.68 Å². The van der Waals surface area contributed by atoms with E-state index in [1.165, 1.54) is 16.7 Å². The number of rotatable bonds is 8. The Balaban J connectivity index is 1.53. The molecular formula is C30H31N5O3S. The summed E-state index contributed by atoms with van der Waals surface area (Å²) in [4.78, 5) is 18.5. The van der Waals surface area contributed by atoms with Crippen LogP contribution in [0.5, 0.6) is 11.5 Å². The first kappa shape index (κ1) is 26.4. The summed E-state index contributed by atoms with van der Waals surface area (Å²) in [5.41, 5.74) is 6.47. The van der Waals surface area contributed by atoms with Crippen molar-refractivity contribution >= 4 is 29.3 Å². The molecule has 0 spiro atoms. The molecule has 2 heterocycles. The lowest BCUT2D eigenvalue weighted by Gasteiger charge is -2.29. The molecular weight excluding hydrogens is 510 g/mol. The van der Waals surface area contributed by atoms with Gasteiger partial charge in [-0.05, 0) is 61.7 Å². The highest BCUT2D eigenvalue weighted by Gasteiger charge is 2.35. The molecule has 200 valence electrons. The van der Waals surface area contributed by atoms with Crippen LogP contribution in [0.25, 0.3) is 0 Å². The van der Waals surface area contributed by atoms with Crippen LogP contribution in [0.4, 0.5) is 11.6 Å². The summed E-state index contributed by atoms with van der Waals surface area (Å²) in [6, 6.07) is 21.0. The van der Waals surface area contributed by atoms with Gasteiger partial charge in [-0.2, -0.15) is 4.98 Å². The molecule has 1 amide bonds. The standard InChI is InChI=1S/C30H31N5O3S/c1-18-11-12-19(2)22(15-18)17-39-30-33-29-31-20(3)26(28(36)32-23-9-7-6-8-10-23)27(35(29)34-30)21-13-14-24(37-4)25(16-21)38-5/h6-16,27H,17H2,1-5H3,(H,32,36)(H,31,33,34)/t27-/m0/s1. The van der Waals surface area contributed by atoms with Gasteiger partial charge >= 0.3 is 0 Å². The van der Waals surface area contributed by atoms with Crippen molar-refractivity contribution in [1.82, 2.24) is 14.8 Å². The second kappa shape index (κ2) is 11.2. The van der Waals surface area contributed by atoms with E-state index in [0.717, 1.165) is 11.3 Å². The minimum atomic E-state index is -0.535. The Morgan fingerprint density at radius 2 is 1.77 bits per heavy atom. The van der Waals surface area contributed by atoms with Gasteiger partial charge in [0.2, 0.25) is 11.1 Å². The molecule has 4 aromatic rings. The molecule has 1 aromatic heterocycles. The lowest BCUT2D eigenvalue weighted by Crippen LogP contribution is -2.31. The number of anilines is 2. The summed E-state index contributed by atoms with van der Waals surface area (Å²) in [5.74, 6) is 2.27. The van der Waals surface area contributed by atoms with E-state index in [2.05, 4.69) is 42.7 Å². The number of nitrogens with zero attached hydrogens (tertiary/aromatic N) is 3. The summed E-state index contributed by atoms with van der Waals surface area (Å²) in [6.07, 6.45) is 0. The quantitative estimate of drug-likeness (QED) is 0.259. The number of benzene rings is 3. The van der Waals surface area contributed by atoms with Crippen LogP contribution in [0, 0.1) is 13.8 Å². The van der Waals surface area contributed by atoms with E-state index in [1.807, 2.05) is 55.5 Å². The number of nitrogens with one attached hydrogen (secondary N) is 2. The van der Waals surface area contributed by atoms with E-state index in [9.17, 15) is 4.79 Å². The third-order valence-electron chi connectivity index (χ3n) is 6.69. The number of thioether (sulfide) groups is 1. The number of hydrogen-bond donors (Lipinski definition) is 2. The van der Waals surface area contributed by atoms with Crippen molar-refractivity contribution in [3.05, 3.63) is 100 Å². The number of amides is 1. The highest BCUT2D eigenvalue weighted by molar-refractivity contribution is 7.98. The largest absolute Gasteiger partial charge is 0.493 e. The Morgan fingerprint density at radius 1 is 1.00 bits per heavy atom. The Labute approximate surface area is 232 Å². The third-order valence-corrected chi connectivity index (χ3v) is 7.58. The molecule has 0 unspecified atom stereocenters. The van der Waals surface area contributed by atoms with Gasteiger partial charge in [0.1, 0.15) is 6.04 Å². The van der Waals surface area contributed by atoms with E-state index in [1.54, 1.807) is 30.7 Å². The number of carbonyl (C=O) groups is 1. The zero-order chi connectivity index (χ0) is 27.5. The van der Waals surface area contributed by atoms with Crippen molar-refractivity contribution < 1.29 is 14.3 Å². The van der Waals surface area contributed by atoms with Gasteiger partial charge in [0.25, 0.3) is 5.91 Å². The van der Waals surface area contributed by atoms with Crippen molar-refractivity contribution in [2.45, 2.75) is 37.7 Å². The van der Waals surface area contributed by atoms with Crippen molar-refractivity contribution in [3.8, 4) is 11.5 Å². The first-order valence-corrected chi connectivity index (χ1v) is 13.6. The molecule has 0 bridgehead atoms. The van der Waals surface area contributed by atoms with Crippen molar-refractivity contribution in [1.29, 1.82) is 0 Å². The monoisotopic (exact) mass is 541 g/mol. The fraction of sp³-hybridized carbons (Fsp3) is 0.233. The number of ether oxygens (including phenoxy) is 2. The summed E-state index contributed by atoms with van der Waals surface area (Å²) in [6.45, 7) is 6.09. The van der Waals surface area contributed by atoms with Crippen LogP contribution in [0.15, 0.2) is 83.2 Å². The molecule has 0 saturated carbocycles. The second-order valence-corrected chi connectivity index (χ2v) is 10.3. The normalized spacial score (nSPS) is 14.4. The van der Waals surface area contributed by atoms with Gasteiger partial charge in [0, 0.05) is 17.1 Å². The van der Waals surface area contributed by atoms with Crippen LogP contribution in [0.3, 0.4) is 0 Å². The van der Waals surface area contributed by atoms with E-state index in [-0.39, 0.29) is 5.91 Å². The maximum atomic E-state index is 13.7. The Morgan fingerprint density at radius 3 is 2.51 bits per heavy atom. The molecule has 3 aromatic carbocycles. The van der Waals surface area contributed by atoms with Crippen LogP contribution >= 0.6 is 11.8 Å². The maximum absolute atomic E-state index is 13.7. The van der Waals surface area contributed by atoms with Crippen LogP contribution in [-0.4, -0.2) is 34.9 Å². The summed E-state index contributed by atoms with van der Waals surface area (Å²) >= 11 is 1.57. The maximum Gasteiger partial charge on any atom is 0.255 e. The first-order chi connectivity index (χ1) is 18.9. The van der Waals surface area contributed by atoms with Crippen LogP contribution in [0.1, 0.15) is 35.2 Å². The Kier molecular flexibility index (Phi) is 7.60. The summed E-state index contributed by atoms with van der Waals surface area (Å²) in [7, 11) is 3.19. The van der Waals surface area contributed by atoms with Gasteiger partial charge in [0.15, 0.2) is 11.5 Å². The molecule has 0 aliphatic carbocycles. The number of fused-ring (bicyclic) bond motifs is 1. The smallest absolute Gasteiger partial charge is 0.255 e. The lowest BCUT2D eigenvalue weighted by molar-refractivity contribution is -0.113. The van der Waals surface area contributed by atoms with E-state index >= 15 is 0 Å².